The first-order chi connectivity index (χ1) is 7.27. The molecule has 1 saturated carbocycles. The van der Waals surface area contributed by atoms with E-state index in [1.807, 2.05) is 12.1 Å². The third-order valence-corrected chi connectivity index (χ3v) is 3.28. The summed E-state index contributed by atoms with van der Waals surface area (Å²) in [5.41, 5.74) is 1.39. The van der Waals surface area contributed by atoms with Gasteiger partial charge in [-0.1, -0.05) is 20.3 Å². The van der Waals surface area contributed by atoms with Crippen molar-refractivity contribution < 1.29 is 4.42 Å². The summed E-state index contributed by atoms with van der Waals surface area (Å²) in [6, 6.07) is 3.91. The highest BCUT2D eigenvalue weighted by atomic mass is 16.3. The van der Waals surface area contributed by atoms with Crippen LogP contribution in [-0.4, -0.2) is 5.71 Å². The predicted octanol–water partition coefficient (Wildman–Crippen LogP) is 3.68. The second kappa shape index (κ2) is 4.65. The summed E-state index contributed by atoms with van der Waals surface area (Å²) in [5.74, 6) is 2.28. The molecular weight excluding hydrogens is 186 g/mol. The normalized spacial score (nSPS) is 26.7. The van der Waals surface area contributed by atoms with Gasteiger partial charge in [0.1, 0.15) is 5.76 Å². The summed E-state index contributed by atoms with van der Waals surface area (Å²) >= 11 is 0. The average molecular weight is 205 g/mol. The van der Waals surface area contributed by atoms with Gasteiger partial charge in [0.05, 0.1) is 12.8 Å². The SMILES string of the molecule is CC1CCCC(C)C1=NCc1ccco1. The molecule has 2 unspecified atom stereocenters. The van der Waals surface area contributed by atoms with Crippen LogP contribution in [0.25, 0.3) is 0 Å². The lowest BCUT2D eigenvalue weighted by atomic mass is 9.81. The van der Waals surface area contributed by atoms with E-state index in [4.69, 9.17) is 9.41 Å². The zero-order chi connectivity index (χ0) is 10.7. The molecule has 0 amide bonds. The van der Waals surface area contributed by atoms with Crippen LogP contribution in [0.5, 0.6) is 0 Å². The molecule has 0 bridgehead atoms. The first kappa shape index (κ1) is 10.5. The third kappa shape index (κ3) is 2.49. The largest absolute Gasteiger partial charge is 0.467 e. The Bertz CT molecular complexity index is 314. The lowest BCUT2D eigenvalue weighted by molar-refractivity contribution is 0.478. The molecule has 2 atom stereocenters. The molecule has 1 aromatic heterocycles. The van der Waals surface area contributed by atoms with E-state index in [-0.39, 0.29) is 0 Å². The van der Waals surface area contributed by atoms with Crippen molar-refractivity contribution >= 4 is 5.71 Å². The molecule has 82 valence electrons. The minimum Gasteiger partial charge on any atom is -0.467 e. The Hall–Kier alpha value is -1.05. The van der Waals surface area contributed by atoms with Gasteiger partial charge in [-0.15, -0.1) is 0 Å². The van der Waals surface area contributed by atoms with Crippen LogP contribution < -0.4 is 0 Å². The summed E-state index contributed by atoms with van der Waals surface area (Å²) in [6.45, 7) is 5.28. The molecule has 15 heavy (non-hydrogen) atoms. The smallest absolute Gasteiger partial charge is 0.125 e. The van der Waals surface area contributed by atoms with Crippen molar-refractivity contribution in [2.45, 2.75) is 39.7 Å². The summed E-state index contributed by atoms with van der Waals surface area (Å²) < 4.78 is 5.29. The van der Waals surface area contributed by atoms with Gasteiger partial charge in [0.25, 0.3) is 0 Å². The van der Waals surface area contributed by atoms with Crippen molar-refractivity contribution in [2.24, 2.45) is 16.8 Å². The highest BCUT2D eigenvalue weighted by molar-refractivity contribution is 5.89. The van der Waals surface area contributed by atoms with Crippen LogP contribution >= 0.6 is 0 Å². The van der Waals surface area contributed by atoms with E-state index in [1.54, 1.807) is 6.26 Å². The molecule has 0 saturated heterocycles. The van der Waals surface area contributed by atoms with Gasteiger partial charge in [0.15, 0.2) is 0 Å². The quantitative estimate of drug-likeness (QED) is 0.723. The molecule has 1 heterocycles. The second-order valence-corrected chi connectivity index (χ2v) is 4.55. The monoisotopic (exact) mass is 205 g/mol. The first-order valence-corrected chi connectivity index (χ1v) is 5.84. The van der Waals surface area contributed by atoms with Gasteiger partial charge >= 0.3 is 0 Å². The molecule has 0 aliphatic heterocycles. The molecule has 0 aromatic carbocycles. The predicted molar refractivity (Wildman–Crippen MR) is 62.0 cm³/mol. The maximum absolute atomic E-state index is 5.29. The van der Waals surface area contributed by atoms with Crippen LogP contribution in [0, 0.1) is 11.8 Å². The number of aliphatic imine (C=N–C) groups is 1. The van der Waals surface area contributed by atoms with Gasteiger partial charge in [0, 0.05) is 5.71 Å². The van der Waals surface area contributed by atoms with Crippen molar-refractivity contribution in [3.63, 3.8) is 0 Å². The molecule has 2 nitrogen and oxygen atoms in total. The van der Waals surface area contributed by atoms with E-state index in [9.17, 15) is 0 Å². The Morgan fingerprint density at radius 2 is 2.07 bits per heavy atom. The molecule has 0 N–H and O–H groups in total. The third-order valence-electron chi connectivity index (χ3n) is 3.28. The molecule has 1 aromatic rings. The number of hydrogen-bond donors (Lipinski definition) is 0. The number of nitrogens with zero attached hydrogens (tertiary/aromatic N) is 1. The fraction of sp³-hybridized carbons (Fsp3) is 0.615. The molecule has 1 aliphatic carbocycles. The van der Waals surface area contributed by atoms with Gasteiger partial charge in [-0.05, 0) is 36.8 Å². The number of rotatable bonds is 2. The van der Waals surface area contributed by atoms with Crippen LogP contribution in [0.15, 0.2) is 27.8 Å². The van der Waals surface area contributed by atoms with E-state index in [0.717, 1.165) is 5.76 Å². The van der Waals surface area contributed by atoms with E-state index in [0.29, 0.717) is 18.4 Å². The van der Waals surface area contributed by atoms with E-state index >= 15 is 0 Å². The van der Waals surface area contributed by atoms with Crippen molar-refractivity contribution in [2.75, 3.05) is 0 Å². The van der Waals surface area contributed by atoms with E-state index in [2.05, 4.69) is 13.8 Å². The zero-order valence-electron chi connectivity index (χ0n) is 9.57. The van der Waals surface area contributed by atoms with Gasteiger partial charge < -0.3 is 4.42 Å². The Labute approximate surface area is 91.4 Å². The molecule has 0 radical (unpaired) electrons. The van der Waals surface area contributed by atoms with Gasteiger partial charge in [0.2, 0.25) is 0 Å². The summed E-state index contributed by atoms with van der Waals surface area (Å²) in [7, 11) is 0. The highest BCUT2D eigenvalue weighted by Crippen LogP contribution is 2.26. The standard InChI is InChI=1S/C13H19NO/c1-10-5-3-6-11(2)13(10)14-9-12-7-4-8-15-12/h4,7-8,10-11H,3,5-6,9H2,1-2H3. The summed E-state index contributed by atoms with van der Waals surface area (Å²) in [4.78, 5) is 4.71. The van der Waals surface area contributed by atoms with Crippen molar-refractivity contribution in [1.29, 1.82) is 0 Å². The lowest BCUT2D eigenvalue weighted by Gasteiger charge is -2.26. The molecular formula is C13H19NO. The second-order valence-electron chi connectivity index (χ2n) is 4.55. The van der Waals surface area contributed by atoms with Crippen molar-refractivity contribution in [1.82, 2.24) is 0 Å². The Morgan fingerprint density at radius 3 is 2.67 bits per heavy atom. The Morgan fingerprint density at radius 1 is 1.33 bits per heavy atom. The van der Waals surface area contributed by atoms with Crippen LogP contribution in [0.1, 0.15) is 38.9 Å². The molecule has 2 heteroatoms. The first-order valence-electron chi connectivity index (χ1n) is 5.84. The van der Waals surface area contributed by atoms with Crippen molar-refractivity contribution in [3.8, 4) is 0 Å². The highest BCUT2D eigenvalue weighted by Gasteiger charge is 2.22. The zero-order valence-corrected chi connectivity index (χ0v) is 9.57. The maximum Gasteiger partial charge on any atom is 0.125 e. The van der Waals surface area contributed by atoms with Crippen LogP contribution in [0.2, 0.25) is 0 Å². The summed E-state index contributed by atoms with van der Waals surface area (Å²) in [5, 5.41) is 0. The summed E-state index contributed by atoms with van der Waals surface area (Å²) in [6.07, 6.45) is 5.65. The topological polar surface area (TPSA) is 25.5 Å². The minimum atomic E-state index is 0.656. The molecule has 2 rings (SSSR count). The van der Waals surface area contributed by atoms with E-state index in [1.165, 1.54) is 25.0 Å². The van der Waals surface area contributed by atoms with E-state index < -0.39 is 0 Å². The fourth-order valence-electron chi connectivity index (χ4n) is 2.40. The van der Waals surface area contributed by atoms with Crippen molar-refractivity contribution in [3.05, 3.63) is 24.2 Å². The van der Waals surface area contributed by atoms with Crippen LogP contribution in [-0.2, 0) is 6.54 Å². The van der Waals surface area contributed by atoms with Gasteiger partial charge in [-0.2, -0.15) is 0 Å². The van der Waals surface area contributed by atoms with Gasteiger partial charge in [-0.3, -0.25) is 4.99 Å². The van der Waals surface area contributed by atoms with Crippen LogP contribution in [0.3, 0.4) is 0 Å². The maximum atomic E-state index is 5.29. The number of hydrogen-bond acceptors (Lipinski definition) is 2. The van der Waals surface area contributed by atoms with Gasteiger partial charge in [-0.25, -0.2) is 0 Å². The fourth-order valence-corrected chi connectivity index (χ4v) is 2.40. The Kier molecular flexibility index (Phi) is 3.24. The lowest BCUT2D eigenvalue weighted by Crippen LogP contribution is -2.24. The average Bonchev–Trinajstić information content (AvgIpc) is 2.70. The molecule has 1 aliphatic rings. The molecule has 0 spiro atoms. The minimum absolute atomic E-state index is 0.656. The Balaban J connectivity index is 2.04. The number of furan rings is 1. The molecule has 1 fully saturated rings. The van der Waals surface area contributed by atoms with Crippen LogP contribution in [0.4, 0.5) is 0 Å².